The maximum atomic E-state index is 12.2. The van der Waals surface area contributed by atoms with Gasteiger partial charge in [0.15, 0.2) is 0 Å². The second-order valence-corrected chi connectivity index (χ2v) is 4.66. The highest BCUT2D eigenvalue weighted by molar-refractivity contribution is 5.92. The van der Waals surface area contributed by atoms with Crippen molar-refractivity contribution >= 4 is 11.9 Å². The van der Waals surface area contributed by atoms with Gasteiger partial charge in [0.2, 0.25) is 5.76 Å². The summed E-state index contributed by atoms with van der Waals surface area (Å²) >= 11 is 0. The molecule has 0 aromatic carbocycles. The molecule has 1 fully saturated rings. The van der Waals surface area contributed by atoms with Crippen molar-refractivity contribution in [1.29, 1.82) is 0 Å². The molecule has 6 heteroatoms. The normalized spacial score (nSPS) is 16.4. The van der Waals surface area contributed by atoms with E-state index in [0.29, 0.717) is 32.5 Å². The van der Waals surface area contributed by atoms with Gasteiger partial charge in [-0.2, -0.15) is 0 Å². The van der Waals surface area contributed by atoms with Gasteiger partial charge < -0.3 is 14.2 Å². The number of nitrogens with zero attached hydrogens (tertiary/aromatic N) is 2. The zero-order chi connectivity index (χ0) is 13.8. The number of piperidine rings is 1. The first kappa shape index (κ1) is 13.6. The third-order valence-corrected chi connectivity index (χ3v) is 3.34. The van der Waals surface area contributed by atoms with Crippen LogP contribution in [0.3, 0.4) is 0 Å². The highest BCUT2D eigenvalue weighted by Crippen LogP contribution is 2.21. The van der Waals surface area contributed by atoms with Gasteiger partial charge in [0.1, 0.15) is 0 Å². The van der Waals surface area contributed by atoms with Gasteiger partial charge >= 0.3 is 5.97 Å². The predicted molar refractivity (Wildman–Crippen MR) is 66.5 cm³/mol. The van der Waals surface area contributed by atoms with Gasteiger partial charge in [0.25, 0.3) is 5.91 Å². The van der Waals surface area contributed by atoms with Crippen LogP contribution in [0.4, 0.5) is 0 Å². The number of carbonyl (C=O) groups excluding carboxylic acids is 2. The van der Waals surface area contributed by atoms with Gasteiger partial charge in [0, 0.05) is 18.7 Å². The molecule has 6 nitrogen and oxygen atoms in total. The van der Waals surface area contributed by atoms with Gasteiger partial charge in [-0.3, -0.25) is 9.59 Å². The van der Waals surface area contributed by atoms with Crippen LogP contribution in [0, 0.1) is 12.8 Å². The highest BCUT2D eigenvalue weighted by Gasteiger charge is 2.30. The van der Waals surface area contributed by atoms with Crippen LogP contribution in [0.1, 0.15) is 35.9 Å². The topological polar surface area (TPSA) is 72.6 Å². The Balaban J connectivity index is 1.92. The van der Waals surface area contributed by atoms with Gasteiger partial charge in [-0.15, -0.1) is 0 Å². The molecule has 0 N–H and O–H groups in total. The molecule has 1 amide bonds. The van der Waals surface area contributed by atoms with Gasteiger partial charge in [-0.25, -0.2) is 0 Å². The lowest BCUT2D eigenvalue weighted by atomic mass is 9.97. The molecule has 1 aromatic rings. The fourth-order valence-corrected chi connectivity index (χ4v) is 2.22. The fourth-order valence-electron chi connectivity index (χ4n) is 2.22. The standard InChI is InChI=1S/C13H18N2O4/c1-3-18-13(17)10-4-6-15(7-5-10)12(16)11-9(2)8-14-19-11/h8,10H,3-7H2,1-2H3. The van der Waals surface area contributed by atoms with E-state index in [1.54, 1.807) is 18.7 Å². The maximum Gasteiger partial charge on any atom is 0.309 e. The molecule has 0 bridgehead atoms. The number of ether oxygens (including phenoxy) is 1. The number of rotatable bonds is 3. The van der Waals surface area contributed by atoms with Crippen LogP contribution < -0.4 is 0 Å². The lowest BCUT2D eigenvalue weighted by Crippen LogP contribution is -2.40. The second-order valence-electron chi connectivity index (χ2n) is 4.66. The average molecular weight is 266 g/mol. The van der Waals surface area contributed by atoms with Crippen molar-refractivity contribution in [2.24, 2.45) is 5.92 Å². The summed E-state index contributed by atoms with van der Waals surface area (Å²) in [6.45, 7) is 5.07. The van der Waals surface area contributed by atoms with Crippen LogP contribution in [0.25, 0.3) is 0 Å². The SMILES string of the molecule is CCOC(=O)C1CCN(C(=O)c2oncc2C)CC1. The summed E-state index contributed by atoms with van der Waals surface area (Å²) in [6.07, 6.45) is 2.80. The fraction of sp³-hybridized carbons (Fsp3) is 0.615. The smallest absolute Gasteiger partial charge is 0.309 e. The van der Waals surface area contributed by atoms with E-state index in [1.807, 2.05) is 0 Å². The molecule has 2 heterocycles. The van der Waals surface area contributed by atoms with Crippen molar-refractivity contribution < 1.29 is 18.8 Å². The predicted octanol–water partition coefficient (Wildman–Crippen LogP) is 1.40. The number of esters is 1. The summed E-state index contributed by atoms with van der Waals surface area (Å²) < 4.78 is 9.96. The quantitative estimate of drug-likeness (QED) is 0.773. The molecule has 1 aliphatic rings. The number of hydrogen-bond donors (Lipinski definition) is 0. The van der Waals surface area contributed by atoms with E-state index in [1.165, 1.54) is 6.20 Å². The van der Waals surface area contributed by atoms with Crippen molar-refractivity contribution in [3.05, 3.63) is 17.5 Å². The zero-order valence-corrected chi connectivity index (χ0v) is 11.2. The molecule has 0 radical (unpaired) electrons. The molecule has 0 unspecified atom stereocenters. The third kappa shape index (κ3) is 2.94. The van der Waals surface area contributed by atoms with Gasteiger partial charge in [-0.1, -0.05) is 5.16 Å². The minimum Gasteiger partial charge on any atom is -0.466 e. The Hall–Kier alpha value is -1.85. The summed E-state index contributed by atoms with van der Waals surface area (Å²) in [7, 11) is 0. The van der Waals surface area contributed by atoms with E-state index >= 15 is 0 Å². The Morgan fingerprint density at radius 1 is 1.47 bits per heavy atom. The highest BCUT2D eigenvalue weighted by atomic mass is 16.5. The molecule has 1 aliphatic heterocycles. The Bertz CT molecular complexity index is 461. The number of carbonyl (C=O) groups is 2. The summed E-state index contributed by atoms with van der Waals surface area (Å²) in [5, 5.41) is 3.61. The summed E-state index contributed by atoms with van der Waals surface area (Å²) in [5.74, 6) is -0.128. The number of hydrogen-bond acceptors (Lipinski definition) is 5. The third-order valence-electron chi connectivity index (χ3n) is 3.34. The Morgan fingerprint density at radius 3 is 2.68 bits per heavy atom. The maximum absolute atomic E-state index is 12.2. The molecule has 0 aliphatic carbocycles. The lowest BCUT2D eigenvalue weighted by molar-refractivity contribution is -0.149. The average Bonchev–Trinajstić information content (AvgIpc) is 2.84. The van der Waals surface area contributed by atoms with E-state index in [-0.39, 0.29) is 23.6 Å². The number of aromatic nitrogens is 1. The number of amides is 1. The minimum absolute atomic E-state index is 0.0974. The van der Waals surface area contributed by atoms with E-state index in [0.717, 1.165) is 5.56 Å². The molecule has 1 saturated heterocycles. The van der Waals surface area contributed by atoms with E-state index < -0.39 is 0 Å². The molecule has 0 spiro atoms. The monoisotopic (exact) mass is 266 g/mol. The van der Waals surface area contributed by atoms with Crippen molar-refractivity contribution in [3.8, 4) is 0 Å². The molecule has 2 rings (SSSR count). The van der Waals surface area contributed by atoms with Crippen molar-refractivity contribution in [1.82, 2.24) is 10.1 Å². The molecular weight excluding hydrogens is 248 g/mol. The van der Waals surface area contributed by atoms with Crippen molar-refractivity contribution in [2.45, 2.75) is 26.7 Å². The largest absolute Gasteiger partial charge is 0.466 e. The van der Waals surface area contributed by atoms with Gasteiger partial charge in [-0.05, 0) is 26.7 Å². The Morgan fingerprint density at radius 2 is 2.16 bits per heavy atom. The van der Waals surface area contributed by atoms with E-state index in [9.17, 15) is 9.59 Å². The van der Waals surface area contributed by atoms with Gasteiger partial charge in [0.05, 0.1) is 18.7 Å². The molecule has 0 atom stereocenters. The van der Waals surface area contributed by atoms with Crippen LogP contribution in [-0.2, 0) is 9.53 Å². The molecule has 1 aromatic heterocycles. The Kier molecular flexibility index (Phi) is 4.19. The van der Waals surface area contributed by atoms with E-state index in [2.05, 4.69) is 5.16 Å². The van der Waals surface area contributed by atoms with Crippen LogP contribution in [0.5, 0.6) is 0 Å². The van der Waals surface area contributed by atoms with Crippen LogP contribution in [-0.4, -0.2) is 41.6 Å². The van der Waals surface area contributed by atoms with E-state index in [4.69, 9.17) is 9.26 Å². The number of likely N-dealkylation sites (tertiary alicyclic amines) is 1. The second kappa shape index (κ2) is 5.86. The van der Waals surface area contributed by atoms with Crippen LogP contribution in [0.2, 0.25) is 0 Å². The lowest BCUT2D eigenvalue weighted by Gasteiger charge is -2.30. The molecular formula is C13H18N2O4. The summed E-state index contributed by atoms with van der Waals surface area (Å²) in [5.41, 5.74) is 0.734. The number of aryl methyl sites for hydroxylation is 1. The molecule has 104 valence electrons. The minimum atomic E-state index is -0.162. The summed E-state index contributed by atoms with van der Waals surface area (Å²) in [6, 6.07) is 0. The molecule has 0 saturated carbocycles. The molecule has 19 heavy (non-hydrogen) atoms. The summed E-state index contributed by atoms with van der Waals surface area (Å²) in [4.78, 5) is 25.5. The first-order valence-electron chi connectivity index (χ1n) is 6.50. The van der Waals surface area contributed by atoms with Crippen LogP contribution >= 0.6 is 0 Å². The Labute approximate surface area is 111 Å². The van der Waals surface area contributed by atoms with Crippen molar-refractivity contribution in [3.63, 3.8) is 0 Å². The zero-order valence-electron chi connectivity index (χ0n) is 11.2. The van der Waals surface area contributed by atoms with Crippen molar-refractivity contribution in [2.75, 3.05) is 19.7 Å². The van der Waals surface area contributed by atoms with Crippen LogP contribution in [0.15, 0.2) is 10.7 Å². The first-order chi connectivity index (χ1) is 9.13. The first-order valence-corrected chi connectivity index (χ1v) is 6.50.